The molecule has 2 heterocycles. The number of ether oxygens (including phenoxy) is 1. The van der Waals surface area contributed by atoms with E-state index in [0.29, 0.717) is 23.1 Å². The fraction of sp³-hybridized carbons (Fsp3) is 0.588. The number of thiocarbonyl (C=S) groups is 1. The first-order valence-electron chi connectivity index (χ1n) is 8.50. The van der Waals surface area contributed by atoms with Gasteiger partial charge in [-0.3, -0.25) is 0 Å². The summed E-state index contributed by atoms with van der Waals surface area (Å²) in [5.41, 5.74) is 1.76. The molecule has 3 rings (SSSR count). The normalized spacial score (nSPS) is 25.0. The number of nitrogens with one attached hydrogen (secondary N) is 1. The van der Waals surface area contributed by atoms with E-state index < -0.39 is 9.84 Å². The lowest BCUT2D eigenvalue weighted by atomic mass is 10.1. The molecule has 138 valence electrons. The van der Waals surface area contributed by atoms with Gasteiger partial charge in [-0.1, -0.05) is 17.7 Å². The number of benzene rings is 1. The summed E-state index contributed by atoms with van der Waals surface area (Å²) in [6, 6.07) is 5.51. The fourth-order valence-electron chi connectivity index (χ4n) is 3.36. The van der Waals surface area contributed by atoms with Gasteiger partial charge in [-0.05, 0) is 56.1 Å². The molecule has 0 saturated carbocycles. The maximum Gasteiger partial charge on any atom is 0.173 e. The highest BCUT2D eigenvalue weighted by atomic mass is 35.5. The molecule has 0 aromatic heterocycles. The molecule has 2 aliphatic rings. The molecule has 1 aromatic carbocycles. The Hall–Kier alpha value is -0.890. The van der Waals surface area contributed by atoms with E-state index in [9.17, 15) is 8.42 Å². The summed E-state index contributed by atoms with van der Waals surface area (Å²) in [4.78, 5) is 2.00. The number of anilines is 1. The highest BCUT2D eigenvalue weighted by Crippen LogP contribution is 2.26. The van der Waals surface area contributed by atoms with Crippen molar-refractivity contribution in [3.05, 3.63) is 28.8 Å². The van der Waals surface area contributed by atoms with Crippen molar-refractivity contribution >= 4 is 44.5 Å². The Morgan fingerprint density at radius 2 is 2.24 bits per heavy atom. The maximum absolute atomic E-state index is 11.9. The zero-order valence-corrected chi connectivity index (χ0v) is 16.6. The molecule has 0 spiro atoms. The van der Waals surface area contributed by atoms with Crippen molar-refractivity contribution in [2.75, 3.05) is 30.0 Å². The molecule has 5 nitrogen and oxygen atoms in total. The Labute approximate surface area is 159 Å². The van der Waals surface area contributed by atoms with Crippen LogP contribution in [0.4, 0.5) is 5.69 Å². The number of nitrogens with zero attached hydrogens (tertiary/aromatic N) is 1. The van der Waals surface area contributed by atoms with Crippen molar-refractivity contribution in [1.29, 1.82) is 0 Å². The van der Waals surface area contributed by atoms with Crippen LogP contribution in [0.3, 0.4) is 0 Å². The standard InChI is InChI=1S/C17H23ClN2O3S2/c1-12-15(18)5-2-6-16(12)19-17(24)20(10-14-4-3-8-23-14)13-7-9-25(21,22)11-13/h2,5-6,13-14H,3-4,7-11H2,1H3,(H,19,24)/t13-,14-/m0/s1. The summed E-state index contributed by atoms with van der Waals surface area (Å²) in [5.74, 6) is 0.370. The molecule has 2 fully saturated rings. The second kappa shape index (κ2) is 7.78. The molecule has 1 aromatic rings. The summed E-state index contributed by atoms with van der Waals surface area (Å²) in [6.45, 7) is 3.30. The molecular weight excluding hydrogens is 380 g/mol. The Kier molecular flexibility index (Phi) is 5.88. The summed E-state index contributed by atoms with van der Waals surface area (Å²) in [5, 5.41) is 4.45. The van der Waals surface area contributed by atoms with Gasteiger partial charge in [0, 0.05) is 29.9 Å². The topological polar surface area (TPSA) is 58.6 Å². The zero-order valence-electron chi connectivity index (χ0n) is 14.2. The van der Waals surface area contributed by atoms with Crippen LogP contribution >= 0.6 is 23.8 Å². The number of rotatable bonds is 4. The van der Waals surface area contributed by atoms with Gasteiger partial charge in [-0.2, -0.15) is 0 Å². The molecule has 1 N–H and O–H groups in total. The SMILES string of the molecule is Cc1c(Cl)cccc1NC(=S)N(C[C@@H]1CCCO1)[C@H]1CCS(=O)(=O)C1. The number of hydrogen-bond donors (Lipinski definition) is 1. The molecule has 2 saturated heterocycles. The van der Waals surface area contributed by atoms with Crippen LogP contribution in [0.2, 0.25) is 5.02 Å². The molecular formula is C17H23ClN2O3S2. The second-order valence-corrected chi connectivity index (χ2v) is 9.71. The van der Waals surface area contributed by atoms with Crippen molar-refractivity contribution in [3.63, 3.8) is 0 Å². The minimum atomic E-state index is -2.99. The first-order chi connectivity index (χ1) is 11.9. The van der Waals surface area contributed by atoms with Crippen LogP contribution in [0.1, 0.15) is 24.8 Å². The van der Waals surface area contributed by atoms with Crippen molar-refractivity contribution in [2.24, 2.45) is 0 Å². The summed E-state index contributed by atoms with van der Waals surface area (Å²) < 4.78 is 29.6. The monoisotopic (exact) mass is 402 g/mol. The van der Waals surface area contributed by atoms with Gasteiger partial charge in [-0.15, -0.1) is 0 Å². The van der Waals surface area contributed by atoms with Crippen LogP contribution < -0.4 is 5.32 Å². The number of hydrogen-bond acceptors (Lipinski definition) is 4. The van der Waals surface area contributed by atoms with E-state index in [1.165, 1.54) is 0 Å². The minimum Gasteiger partial charge on any atom is -0.376 e. The average molecular weight is 403 g/mol. The van der Waals surface area contributed by atoms with E-state index in [4.69, 9.17) is 28.6 Å². The molecule has 0 unspecified atom stereocenters. The van der Waals surface area contributed by atoms with Gasteiger partial charge in [0.1, 0.15) is 0 Å². The molecule has 0 bridgehead atoms. The van der Waals surface area contributed by atoms with E-state index >= 15 is 0 Å². The van der Waals surface area contributed by atoms with Gasteiger partial charge in [0.15, 0.2) is 14.9 Å². The third-order valence-electron chi connectivity index (χ3n) is 4.84. The number of halogens is 1. The molecule has 25 heavy (non-hydrogen) atoms. The van der Waals surface area contributed by atoms with E-state index in [0.717, 1.165) is 30.7 Å². The first-order valence-corrected chi connectivity index (χ1v) is 11.1. The predicted molar refractivity (Wildman–Crippen MR) is 105 cm³/mol. The highest BCUT2D eigenvalue weighted by Gasteiger charge is 2.35. The summed E-state index contributed by atoms with van der Waals surface area (Å²) >= 11 is 11.8. The predicted octanol–water partition coefficient (Wildman–Crippen LogP) is 3.01. The molecule has 0 amide bonds. The van der Waals surface area contributed by atoms with Gasteiger partial charge in [0.2, 0.25) is 0 Å². The van der Waals surface area contributed by atoms with Crippen LogP contribution in [0.15, 0.2) is 18.2 Å². The average Bonchev–Trinajstić information content (AvgIpc) is 3.18. The molecule has 0 radical (unpaired) electrons. The summed E-state index contributed by atoms with van der Waals surface area (Å²) in [6.07, 6.45) is 2.72. The quantitative estimate of drug-likeness (QED) is 0.781. The smallest absolute Gasteiger partial charge is 0.173 e. The van der Waals surface area contributed by atoms with Crippen LogP contribution in [0.5, 0.6) is 0 Å². The Balaban J connectivity index is 1.77. The van der Waals surface area contributed by atoms with Crippen molar-refractivity contribution in [3.8, 4) is 0 Å². The van der Waals surface area contributed by atoms with E-state index in [1.54, 1.807) is 0 Å². The van der Waals surface area contributed by atoms with Crippen molar-refractivity contribution in [1.82, 2.24) is 4.90 Å². The van der Waals surface area contributed by atoms with E-state index in [2.05, 4.69) is 5.32 Å². The minimum absolute atomic E-state index is 0.100. The third-order valence-corrected chi connectivity index (χ3v) is 7.34. The first kappa shape index (κ1) is 18.9. The largest absolute Gasteiger partial charge is 0.376 e. The Bertz CT molecular complexity index is 748. The van der Waals surface area contributed by atoms with Crippen LogP contribution in [-0.2, 0) is 14.6 Å². The Morgan fingerprint density at radius 3 is 2.88 bits per heavy atom. The Morgan fingerprint density at radius 1 is 1.44 bits per heavy atom. The van der Waals surface area contributed by atoms with Crippen molar-refractivity contribution < 1.29 is 13.2 Å². The van der Waals surface area contributed by atoms with Gasteiger partial charge in [-0.25, -0.2) is 8.42 Å². The lowest BCUT2D eigenvalue weighted by Crippen LogP contribution is -2.47. The molecule has 2 atom stereocenters. The maximum atomic E-state index is 11.9. The molecule has 2 aliphatic heterocycles. The zero-order chi connectivity index (χ0) is 18.0. The highest BCUT2D eigenvalue weighted by molar-refractivity contribution is 7.91. The lowest BCUT2D eigenvalue weighted by Gasteiger charge is -2.33. The van der Waals surface area contributed by atoms with Crippen LogP contribution in [-0.4, -0.2) is 55.2 Å². The molecule has 0 aliphatic carbocycles. The third kappa shape index (κ3) is 4.64. The fourth-order valence-corrected chi connectivity index (χ4v) is 5.60. The second-order valence-electron chi connectivity index (χ2n) is 6.69. The van der Waals surface area contributed by atoms with E-state index in [-0.39, 0.29) is 23.7 Å². The van der Waals surface area contributed by atoms with E-state index in [1.807, 2.05) is 30.0 Å². The van der Waals surface area contributed by atoms with Gasteiger partial charge < -0.3 is 15.0 Å². The van der Waals surface area contributed by atoms with Crippen molar-refractivity contribution in [2.45, 2.75) is 38.3 Å². The summed E-state index contributed by atoms with van der Waals surface area (Å²) in [7, 11) is -2.99. The van der Waals surface area contributed by atoms with Crippen LogP contribution in [0.25, 0.3) is 0 Å². The van der Waals surface area contributed by atoms with Crippen LogP contribution in [0, 0.1) is 6.92 Å². The van der Waals surface area contributed by atoms with Gasteiger partial charge >= 0.3 is 0 Å². The number of sulfone groups is 1. The lowest BCUT2D eigenvalue weighted by molar-refractivity contribution is 0.0851. The van der Waals surface area contributed by atoms with Gasteiger partial charge in [0.25, 0.3) is 0 Å². The van der Waals surface area contributed by atoms with Gasteiger partial charge in [0.05, 0.1) is 17.6 Å². The molecule has 8 heteroatoms.